The van der Waals surface area contributed by atoms with Gasteiger partial charge in [-0.25, -0.2) is 0 Å². The number of fused-ring (bicyclic) bond motifs is 2. The molecule has 2 bridgehead atoms. The van der Waals surface area contributed by atoms with E-state index in [4.69, 9.17) is 4.74 Å². The lowest BCUT2D eigenvalue weighted by Crippen LogP contribution is -2.40. The number of benzene rings is 2. The molecule has 0 heterocycles. The van der Waals surface area contributed by atoms with Crippen molar-refractivity contribution in [3.8, 4) is 11.1 Å². The van der Waals surface area contributed by atoms with E-state index in [1.54, 1.807) is 6.26 Å². The smallest absolute Gasteiger partial charge is 0.102 e. The van der Waals surface area contributed by atoms with Gasteiger partial charge in [-0.05, 0) is 48.3 Å². The zero-order chi connectivity index (χ0) is 17.3. The van der Waals surface area contributed by atoms with Gasteiger partial charge in [0.2, 0.25) is 0 Å². The molecule has 0 N–H and O–H groups in total. The van der Waals surface area contributed by atoms with Crippen LogP contribution in [0.25, 0.3) is 11.1 Å². The lowest BCUT2D eigenvalue weighted by Gasteiger charge is -2.43. The van der Waals surface area contributed by atoms with Gasteiger partial charge >= 0.3 is 0 Å². The van der Waals surface area contributed by atoms with Gasteiger partial charge in [-0.3, -0.25) is 0 Å². The van der Waals surface area contributed by atoms with E-state index in [2.05, 4.69) is 68.1 Å². The fourth-order valence-electron chi connectivity index (χ4n) is 5.75. The Morgan fingerprint density at radius 1 is 1.08 bits per heavy atom. The first-order chi connectivity index (χ1) is 12.3. The van der Waals surface area contributed by atoms with Crippen molar-refractivity contribution < 1.29 is 4.74 Å². The molecule has 25 heavy (non-hydrogen) atoms. The molecule has 2 fully saturated rings. The minimum absolute atomic E-state index is 0.248. The minimum Gasteiger partial charge on any atom is -0.498 e. The number of hydrogen-bond acceptors (Lipinski definition) is 1. The van der Waals surface area contributed by atoms with Crippen molar-refractivity contribution in [2.75, 3.05) is 0 Å². The van der Waals surface area contributed by atoms with E-state index in [0.29, 0.717) is 12.0 Å². The first-order valence-corrected chi connectivity index (χ1v) is 9.70. The normalized spacial score (nSPS) is 30.4. The molecule has 2 aliphatic carbocycles. The molecule has 130 valence electrons. The summed E-state index contributed by atoms with van der Waals surface area (Å²) in [6.07, 6.45) is 8.28. The highest BCUT2D eigenvalue weighted by atomic mass is 16.5. The summed E-state index contributed by atoms with van der Waals surface area (Å²) in [6, 6.07) is 19.9. The van der Waals surface area contributed by atoms with Crippen LogP contribution >= 0.6 is 0 Å². The molecule has 0 saturated heterocycles. The molecule has 2 saturated carbocycles. The first kappa shape index (κ1) is 16.4. The molecule has 2 aromatic carbocycles. The van der Waals surface area contributed by atoms with E-state index in [1.165, 1.54) is 48.8 Å². The number of ether oxygens (including phenoxy) is 1. The van der Waals surface area contributed by atoms with Crippen LogP contribution in [-0.4, -0.2) is 6.10 Å². The molecule has 4 rings (SSSR count). The van der Waals surface area contributed by atoms with Crippen LogP contribution < -0.4 is 0 Å². The van der Waals surface area contributed by atoms with Gasteiger partial charge in [0.05, 0.1) is 6.26 Å². The Hall–Kier alpha value is -2.02. The molecular weight excluding hydrogens is 304 g/mol. The Morgan fingerprint density at radius 2 is 1.84 bits per heavy atom. The van der Waals surface area contributed by atoms with Crippen LogP contribution in [0.2, 0.25) is 0 Å². The standard InChI is InChI=1S/C24H28O/c1-3-14-24(17-18-15-22(24)23(16-18)25-4-2)21-13-9-8-12-20(21)19-10-6-5-7-11-19/h4-13,18,22-23H,2-3,14-17H2,1H3. The van der Waals surface area contributed by atoms with Crippen LogP contribution in [0.4, 0.5) is 0 Å². The third-order valence-corrected chi connectivity index (χ3v) is 6.48. The lowest BCUT2D eigenvalue weighted by molar-refractivity contribution is 0.0443. The maximum atomic E-state index is 5.97. The average Bonchev–Trinajstić information content (AvgIpc) is 3.21. The highest BCUT2D eigenvalue weighted by molar-refractivity contribution is 5.69. The summed E-state index contributed by atoms with van der Waals surface area (Å²) in [6.45, 7) is 6.14. The Balaban J connectivity index is 1.82. The second-order valence-electron chi connectivity index (χ2n) is 7.81. The largest absolute Gasteiger partial charge is 0.498 e. The van der Waals surface area contributed by atoms with Crippen LogP contribution in [0.1, 0.15) is 44.6 Å². The molecule has 1 heteroatoms. The van der Waals surface area contributed by atoms with Crippen molar-refractivity contribution in [3.63, 3.8) is 0 Å². The third-order valence-electron chi connectivity index (χ3n) is 6.48. The van der Waals surface area contributed by atoms with Crippen LogP contribution in [0, 0.1) is 11.8 Å². The molecule has 2 aliphatic rings. The van der Waals surface area contributed by atoms with Crippen molar-refractivity contribution in [3.05, 3.63) is 73.0 Å². The summed E-state index contributed by atoms with van der Waals surface area (Å²) in [5.74, 6) is 1.41. The van der Waals surface area contributed by atoms with Crippen LogP contribution in [0.5, 0.6) is 0 Å². The summed E-state index contributed by atoms with van der Waals surface area (Å²) in [4.78, 5) is 0. The second kappa shape index (κ2) is 6.71. The third kappa shape index (κ3) is 2.70. The number of hydrogen-bond donors (Lipinski definition) is 0. The molecule has 0 amide bonds. The van der Waals surface area contributed by atoms with Gasteiger partial charge < -0.3 is 4.74 Å². The highest BCUT2D eigenvalue weighted by Gasteiger charge is 2.57. The van der Waals surface area contributed by atoms with Crippen molar-refractivity contribution in [2.24, 2.45) is 11.8 Å². The molecule has 4 atom stereocenters. The molecular formula is C24H28O. The fraction of sp³-hybridized carbons (Fsp3) is 0.417. The van der Waals surface area contributed by atoms with Gasteiger partial charge in [-0.1, -0.05) is 74.5 Å². The second-order valence-corrected chi connectivity index (χ2v) is 7.81. The van der Waals surface area contributed by atoms with E-state index in [-0.39, 0.29) is 5.41 Å². The predicted octanol–water partition coefficient (Wildman–Crippen LogP) is 6.35. The Labute approximate surface area is 151 Å². The van der Waals surface area contributed by atoms with E-state index in [9.17, 15) is 0 Å². The minimum atomic E-state index is 0.248. The Bertz CT molecular complexity index is 735. The van der Waals surface area contributed by atoms with E-state index >= 15 is 0 Å². The van der Waals surface area contributed by atoms with Gasteiger partial charge in [0.25, 0.3) is 0 Å². The summed E-state index contributed by atoms with van der Waals surface area (Å²) >= 11 is 0. The molecule has 2 aromatic rings. The highest BCUT2D eigenvalue weighted by Crippen LogP contribution is 2.61. The summed E-state index contributed by atoms with van der Waals surface area (Å²) in [5.41, 5.74) is 4.52. The molecule has 4 unspecified atom stereocenters. The topological polar surface area (TPSA) is 9.23 Å². The zero-order valence-electron chi connectivity index (χ0n) is 15.2. The maximum absolute atomic E-state index is 5.97. The summed E-state index contributed by atoms with van der Waals surface area (Å²) in [7, 11) is 0. The van der Waals surface area contributed by atoms with Crippen LogP contribution in [0.15, 0.2) is 67.4 Å². The monoisotopic (exact) mass is 332 g/mol. The lowest BCUT2D eigenvalue weighted by atomic mass is 9.63. The predicted molar refractivity (Wildman–Crippen MR) is 104 cm³/mol. The molecule has 1 nitrogen and oxygen atoms in total. The quantitative estimate of drug-likeness (QED) is 0.560. The SMILES string of the molecule is C=COC1CC2CC1C(CCC)(c1ccccc1-c1ccccc1)C2. The van der Waals surface area contributed by atoms with Gasteiger partial charge in [0.1, 0.15) is 6.10 Å². The molecule has 0 aliphatic heterocycles. The Morgan fingerprint density at radius 3 is 2.56 bits per heavy atom. The number of rotatable bonds is 6. The first-order valence-electron chi connectivity index (χ1n) is 9.70. The summed E-state index contributed by atoms with van der Waals surface area (Å²) < 4.78 is 5.97. The van der Waals surface area contributed by atoms with Gasteiger partial charge in [0.15, 0.2) is 0 Å². The maximum Gasteiger partial charge on any atom is 0.102 e. The molecule has 0 aromatic heterocycles. The van der Waals surface area contributed by atoms with Crippen molar-refractivity contribution >= 4 is 0 Å². The zero-order valence-corrected chi connectivity index (χ0v) is 15.2. The molecule has 0 spiro atoms. The van der Waals surface area contributed by atoms with Crippen molar-refractivity contribution in [1.82, 2.24) is 0 Å². The van der Waals surface area contributed by atoms with E-state index in [1.807, 2.05) is 0 Å². The van der Waals surface area contributed by atoms with Crippen LogP contribution in [0.3, 0.4) is 0 Å². The van der Waals surface area contributed by atoms with Gasteiger partial charge in [-0.15, -0.1) is 0 Å². The summed E-state index contributed by atoms with van der Waals surface area (Å²) in [5, 5.41) is 0. The van der Waals surface area contributed by atoms with Gasteiger partial charge in [0, 0.05) is 11.3 Å². The van der Waals surface area contributed by atoms with Crippen molar-refractivity contribution in [1.29, 1.82) is 0 Å². The van der Waals surface area contributed by atoms with Crippen LogP contribution in [-0.2, 0) is 10.2 Å². The van der Waals surface area contributed by atoms with Crippen molar-refractivity contribution in [2.45, 2.75) is 50.5 Å². The van der Waals surface area contributed by atoms with Gasteiger partial charge in [-0.2, -0.15) is 0 Å². The average molecular weight is 332 g/mol. The fourth-order valence-corrected chi connectivity index (χ4v) is 5.75. The molecule has 0 radical (unpaired) electrons. The Kier molecular flexibility index (Phi) is 4.41. The van der Waals surface area contributed by atoms with E-state index in [0.717, 1.165) is 5.92 Å². The van der Waals surface area contributed by atoms with E-state index < -0.39 is 0 Å².